The van der Waals surface area contributed by atoms with Gasteiger partial charge in [0.25, 0.3) is 5.91 Å². The number of nitrogens with zero attached hydrogens (tertiary/aromatic N) is 2. The van der Waals surface area contributed by atoms with Crippen molar-refractivity contribution in [2.24, 2.45) is 11.1 Å². The number of aromatic nitrogens is 1. The van der Waals surface area contributed by atoms with E-state index in [9.17, 15) is 44.1 Å². The number of rotatable bonds is 13. The van der Waals surface area contributed by atoms with Gasteiger partial charge in [-0.3, -0.25) is 24.0 Å². The zero-order chi connectivity index (χ0) is 29.8. The van der Waals surface area contributed by atoms with Crippen molar-refractivity contribution in [1.29, 1.82) is 0 Å². The molecule has 0 aromatic carbocycles. The summed E-state index contributed by atoms with van der Waals surface area (Å²) < 4.78 is 0. The summed E-state index contributed by atoms with van der Waals surface area (Å²) >= 11 is 1.01. The Kier molecular flexibility index (Phi) is 9.16. The highest BCUT2D eigenvalue weighted by atomic mass is 32.1. The van der Waals surface area contributed by atoms with E-state index in [-0.39, 0.29) is 47.9 Å². The molecule has 1 unspecified atom stereocenters. The van der Waals surface area contributed by atoms with Crippen molar-refractivity contribution in [2.45, 2.75) is 50.9 Å². The predicted octanol–water partition coefficient (Wildman–Crippen LogP) is -0.840. The molecule has 1 aliphatic carbocycles. The summed E-state index contributed by atoms with van der Waals surface area (Å²) in [5.41, 5.74) is 3.75. The third-order valence-electron chi connectivity index (χ3n) is 6.11. The number of amides is 2. The second-order valence-corrected chi connectivity index (χ2v) is 10.4. The number of aliphatic carboxylic acids is 1. The van der Waals surface area contributed by atoms with Crippen LogP contribution < -0.4 is 16.4 Å². The third kappa shape index (κ3) is 7.15. The van der Waals surface area contributed by atoms with E-state index >= 15 is 0 Å². The van der Waals surface area contributed by atoms with Gasteiger partial charge in [-0.15, -0.1) is 11.3 Å². The molecular formula is C24H27N5O10S. The number of carbonyl (C=O) groups excluding carboxylic acids is 5. The molecule has 40 heavy (non-hydrogen) atoms. The van der Waals surface area contributed by atoms with Crippen molar-refractivity contribution in [3.05, 3.63) is 34.6 Å². The Morgan fingerprint density at radius 3 is 2.55 bits per heavy atom. The smallest absolute Gasteiger partial charge is 0.350 e. The average molecular weight is 578 g/mol. The number of ketones is 3. The van der Waals surface area contributed by atoms with E-state index in [1.807, 2.05) is 0 Å². The first kappa shape index (κ1) is 30.1. The molecule has 1 aliphatic heterocycles. The molecule has 1 aromatic rings. The number of Topliss-reactive ketones (excluding diaryl/α,β-unsaturated/α-hetero) is 2. The molecule has 2 heterocycles. The van der Waals surface area contributed by atoms with E-state index in [1.165, 1.54) is 19.2 Å². The normalized spacial score (nSPS) is 21.0. The zero-order valence-electron chi connectivity index (χ0n) is 21.4. The van der Waals surface area contributed by atoms with E-state index < -0.39 is 64.6 Å². The number of thiazole rings is 1. The summed E-state index contributed by atoms with van der Waals surface area (Å²) in [7, 11) is 0. The number of β-lactam (4-membered cyclic amide) rings is 1. The minimum atomic E-state index is -1.76. The Morgan fingerprint density at radius 1 is 1.25 bits per heavy atom. The lowest BCUT2D eigenvalue weighted by atomic mass is 9.84. The number of oxime groups is 1. The number of nitrogens with two attached hydrogens (primary N) is 1. The Morgan fingerprint density at radius 2 is 1.95 bits per heavy atom. The molecule has 16 heteroatoms. The lowest BCUT2D eigenvalue weighted by Gasteiger charge is -2.36. The van der Waals surface area contributed by atoms with Crippen LogP contribution >= 0.6 is 11.3 Å². The number of allylic oxidation sites excluding steroid dienone is 1. The van der Waals surface area contributed by atoms with Gasteiger partial charge in [0.1, 0.15) is 5.69 Å². The van der Waals surface area contributed by atoms with Crippen LogP contribution in [0.1, 0.15) is 38.8 Å². The van der Waals surface area contributed by atoms with Crippen LogP contribution in [0.2, 0.25) is 0 Å². The number of nitrogens with one attached hydrogen (secondary N) is 2. The maximum absolute atomic E-state index is 13.1. The van der Waals surface area contributed by atoms with Crippen molar-refractivity contribution in [3.63, 3.8) is 0 Å². The Bertz CT molecular complexity index is 1340. The Labute approximate surface area is 230 Å². The summed E-state index contributed by atoms with van der Waals surface area (Å²) in [5, 5.41) is 38.6. The minimum Gasteiger partial charge on any atom is -0.504 e. The van der Waals surface area contributed by atoms with E-state index in [1.54, 1.807) is 0 Å². The number of aliphatic hydroxyl groups excluding tert-OH is 2. The average Bonchev–Trinajstić information content (AvgIpc) is 3.31. The highest BCUT2D eigenvalue weighted by Crippen LogP contribution is 2.23. The fraction of sp³-hybridized carbons (Fsp3) is 0.417. The molecule has 15 nitrogen and oxygen atoms in total. The summed E-state index contributed by atoms with van der Waals surface area (Å²) in [6.07, 6.45) is -0.118. The van der Waals surface area contributed by atoms with Crippen molar-refractivity contribution in [3.8, 4) is 0 Å². The van der Waals surface area contributed by atoms with E-state index in [4.69, 9.17) is 10.6 Å². The van der Waals surface area contributed by atoms with Crippen LogP contribution in [0.25, 0.3) is 0 Å². The zero-order valence-corrected chi connectivity index (χ0v) is 22.2. The lowest BCUT2D eigenvalue weighted by Crippen LogP contribution is -2.63. The van der Waals surface area contributed by atoms with E-state index in [0.717, 1.165) is 23.5 Å². The topological polar surface area (TPSA) is 248 Å². The van der Waals surface area contributed by atoms with E-state index in [0.29, 0.717) is 0 Å². The van der Waals surface area contributed by atoms with Crippen molar-refractivity contribution < 1.29 is 48.9 Å². The van der Waals surface area contributed by atoms with Gasteiger partial charge in [0.05, 0.1) is 18.1 Å². The van der Waals surface area contributed by atoms with Gasteiger partial charge in [-0.2, -0.15) is 0 Å². The molecule has 1 fully saturated rings. The van der Waals surface area contributed by atoms with Gasteiger partial charge in [-0.1, -0.05) is 5.16 Å². The van der Waals surface area contributed by atoms with Gasteiger partial charge in [0.15, 0.2) is 22.4 Å². The van der Waals surface area contributed by atoms with Crippen molar-refractivity contribution >= 4 is 57.3 Å². The number of hydrogen-bond acceptors (Lipinski definition) is 13. The second-order valence-electron chi connectivity index (χ2n) is 9.48. The summed E-state index contributed by atoms with van der Waals surface area (Å²) in [6, 6.07) is -0.694. The fourth-order valence-electron chi connectivity index (χ4n) is 3.60. The van der Waals surface area contributed by atoms with Crippen LogP contribution in [0, 0.1) is 5.92 Å². The molecule has 0 saturated carbocycles. The van der Waals surface area contributed by atoms with Gasteiger partial charge in [-0.05, 0) is 38.0 Å². The molecule has 2 aliphatic rings. The molecule has 1 saturated heterocycles. The second kappa shape index (κ2) is 12.2. The number of hydrogen-bond donors (Lipinski definition) is 6. The quantitative estimate of drug-likeness (QED) is 0.0727. The maximum Gasteiger partial charge on any atom is 0.350 e. The predicted molar refractivity (Wildman–Crippen MR) is 138 cm³/mol. The summed E-state index contributed by atoms with van der Waals surface area (Å²) in [4.78, 5) is 81.6. The number of carbonyl (C=O) groups is 6. The molecule has 214 valence electrons. The first-order valence-electron chi connectivity index (χ1n) is 11.9. The fourth-order valence-corrected chi connectivity index (χ4v) is 4.14. The number of carboxylic acid groups (broad SMARTS) is 1. The largest absolute Gasteiger partial charge is 0.504 e. The molecule has 0 radical (unpaired) electrons. The van der Waals surface area contributed by atoms with Crippen LogP contribution in [0.5, 0.6) is 0 Å². The number of anilines is 1. The van der Waals surface area contributed by atoms with Gasteiger partial charge in [0, 0.05) is 24.8 Å². The van der Waals surface area contributed by atoms with Gasteiger partial charge in [-0.25, -0.2) is 9.78 Å². The van der Waals surface area contributed by atoms with Crippen molar-refractivity contribution in [1.82, 2.24) is 15.6 Å². The van der Waals surface area contributed by atoms with Crippen LogP contribution in [-0.4, -0.2) is 85.4 Å². The summed E-state index contributed by atoms with van der Waals surface area (Å²) in [5.74, 6) is -6.54. The van der Waals surface area contributed by atoms with Crippen LogP contribution in [0.4, 0.5) is 5.13 Å². The maximum atomic E-state index is 13.1. The van der Waals surface area contributed by atoms with Gasteiger partial charge in [0.2, 0.25) is 23.1 Å². The standard InChI is InChI=1S/C24H27N5O10S/c1-24(2,22(37)38)39-29-19(13-9-40-23(25)28-13)18(34)6-11-12(27-20(11)35)8-26-21(36)14(30)4-3-10-5-16(32)17(33)7-15(10)31/h5,7,9,11-12,15,31,33H,3-4,6,8H2,1-2H3,(H2,25,28)(H,26,36)(H,27,35)(H,37,38)/b29-19-/t11-,12+,15?/m0/s1. The SMILES string of the molecule is CC(C)(O/N=C(\C(=O)C[C@@H]1C(=O)N[C@@H]1CNC(=O)C(=O)CCC1=CC(=O)C(O)=CC1O)c1csc(N)n1)C(=O)O. The Balaban J connectivity index is 1.58. The van der Waals surface area contributed by atoms with Gasteiger partial charge < -0.3 is 36.5 Å². The van der Waals surface area contributed by atoms with Crippen molar-refractivity contribution in [2.75, 3.05) is 12.3 Å². The van der Waals surface area contributed by atoms with Crippen LogP contribution in [0.3, 0.4) is 0 Å². The number of carboxylic acids is 1. The number of nitrogen functional groups attached to an aromatic ring is 1. The molecule has 0 bridgehead atoms. The number of aliphatic hydroxyl groups is 2. The molecule has 1 aromatic heterocycles. The highest BCUT2D eigenvalue weighted by Gasteiger charge is 2.42. The Hall–Kier alpha value is -4.44. The third-order valence-corrected chi connectivity index (χ3v) is 6.78. The first-order valence-corrected chi connectivity index (χ1v) is 12.8. The molecule has 0 spiro atoms. The monoisotopic (exact) mass is 577 g/mol. The highest BCUT2D eigenvalue weighted by molar-refractivity contribution is 7.13. The molecule has 3 rings (SSSR count). The molecule has 2 amide bonds. The summed E-state index contributed by atoms with van der Waals surface area (Å²) in [6.45, 7) is 2.28. The first-order chi connectivity index (χ1) is 18.7. The van der Waals surface area contributed by atoms with Crippen LogP contribution in [0.15, 0.2) is 34.0 Å². The van der Waals surface area contributed by atoms with Crippen LogP contribution in [-0.2, 0) is 33.6 Å². The van der Waals surface area contributed by atoms with E-state index in [2.05, 4.69) is 20.8 Å². The minimum absolute atomic E-state index is 0.0365. The van der Waals surface area contributed by atoms with Gasteiger partial charge >= 0.3 is 5.97 Å². The molecule has 3 atom stereocenters. The molecule has 7 N–H and O–H groups in total. The molecular weight excluding hydrogens is 550 g/mol. The lowest BCUT2D eigenvalue weighted by molar-refractivity contribution is -0.161.